The first kappa shape index (κ1) is 33.1. The van der Waals surface area contributed by atoms with Crippen LogP contribution >= 0.6 is 11.3 Å². The molecule has 1 amide bonds. The number of fused-ring (bicyclic) bond motifs is 2. The molecular weight excluding hydrogens is 579 g/mol. The number of amides is 1. The molecule has 0 atom stereocenters. The molecule has 14 heteroatoms. The summed E-state index contributed by atoms with van der Waals surface area (Å²) in [5.41, 5.74) is 1.84. The summed E-state index contributed by atoms with van der Waals surface area (Å²) < 4.78 is 22.7. The minimum absolute atomic E-state index is 0. The zero-order valence-corrected chi connectivity index (χ0v) is 23.5. The van der Waals surface area contributed by atoms with Crippen LogP contribution in [-0.4, -0.2) is 101 Å². The summed E-state index contributed by atoms with van der Waals surface area (Å²) in [6.45, 7) is 1.34. The second-order valence-corrected chi connectivity index (χ2v) is 10.3. The molecule has 42 heavy (non-hydrogen) atoms. The summed E-state index contributed by atoms with van der Waals surface area (Å²) in [6.07, 6.45) is -0.0598. The maximum atomic E-state index is 12.4. The van der Waals surface area contributed by atoms with Crippen LogP contribution in [0.4, 0.5) is 0 Å². The van der Waals surface area contributed by atoms with Crippen molar-refractivity contribution >= 4 is 74.7 Å². The fraction of sp³-hybridized carbons (Fsp3) is 0.393. The second kappa shape index (κ2) is 15.2. The molecule has 0 radical (unpaired) electrons. The Morgan fingerprint density at radius 3 is 2.10 bits per heavy atom. The fourth-order valence-corrected chi connectivity index (χ4v) is 5.28. The van der Waals surface area contributed by atoms with Crippen LogP contribution in [0.5, 0.6) is 23.1 Å². The summed E-state index contributed by atoms with van der Waals surface area (Å²) >= 11 is 1.17. The molecule has 0 bridgehead atoms. The summed E-state index contributed by atoms with van der Waals surface area (Å²) in [7, 11) is 3.03. The van der Waals surface area contributed by atoms with E-state index in [9.17, 15) is 19.2 Å². The average Bonchev–Trinajstić information content (AvgIpc) is 3.56. The van der Waals surface area contributed by atoms with Gasteiger partial charge in [-0.15, -0.1) is 11.3 Å². The van der Waals surface area contributed by atoms with Crippen LogP contribution < -0.4 is 18.9 Å². The number of hydrogen-bond donors (Lipinski definition) is 2. The Morgan fingerprint density at radius 2 is 1.45 bits per heavy atom. The third-order valence-electron chi connectivity index (χ3n) is 6.40. The van der Waals surface area contributed by atoms with Gasteiger partial charge in [0.2, 0.25) is 5.91 Å². The first-order chi connectivity index (χ1) is 19.7. The van der Waals surface area contributed by atoms with E-state index in [0.717, 1.165) is 11.1 Å². The molecule has 1 aromatic carbocycles. The van der Waals surface area contributed by atoms with Gasteiger partial charge in [-0.2, -0.15) is 4.98 Å². The topological polar surface area (TPSA) is 162 Å². The minimum atomic E-state index is -1.03. The third-order valence-corrected chi connectivity index (χ3v) is 7.49. The second-order valence-electron chi connectivity index (χ2n) is 9.28. The van der Waals surface area contributed by atoms with Crippen molar-refractivity contribution in [2.45, 2.75) is 45.2 Å². The van der Waals surface area contributed by atoms with E-state index in [4.69, 9.17) is 29.2 Å². The van der Waals surface area contributed by atoms with Gasteiger partial charge in [0.05, 0.1) is 45.2 Å². The molecular formula is C28H31N2NaO10S. The zero-order valence-electron chi connectivity index (χ0n) is 22.6. The molecule has 1 aliphatic rings. The third kappa shape index (κ3) is 8.34. The number of ketones is 1. The van der Waals surface area contributed by atoms with Crippen LogP contribution in [-0.2, 0) is 27.5 Å². The van der Waals surface area contributed by atoms with Gasteiger partial charge < -0.3 is 34.1 Å². The van der Waals surface area contributed by atoms with Crippen molar-refractivity contribution in [3.63, 3.8) is 0 Å². The zero-order chi connectivity index (χ0) is 29.5. The van der Waals surface area contributed by atoms with Crippen molar-refractivity contribution in [2.75, 3.05) is 27.4 Å². The van der Waals surface area contributed by atoms with Gasteiger partial charge in [0.15, 0.2) is 23.0 Å². The molecule has 4 rings (SSSR count). The van der Waals surface area contributed by atoms with Crippen molar-refractivity contribution in [1.82, 2.24) is 9.88 Å². The van der Waals surface area contributed by atoms with Crippen LogP contribution in [0.3, 0.4) is 0 Å². The number of aliphatic carboxylic acids is 2. The molecule has 0 saturated heterocycles. The van der Waals surface area contributed by atoms with E-state index in [1.807, 2.05) is 12.1 Å². The summed E-state index contributed by atoms with van der Waals surface area (Å²) in [5.74, 6) is -0.763. The van der Waals surface area contributed by atoms with Crippen LogP contribution in [0.25, 0.3) is 10.2 Å². The number of aromatic nitrogens is 1. The molecule has 220 valence electrons. The van der Waals surface area contributed by atoms with E-state index in [-0.39, 0.29) is 79.4 Å². The van der Waals surface area contributed by atoms with Gasteiger partial charge in [-0.05, 0) is 35.4 Å². The Bertz CT molecular complexity index is 1470. The number of hydrogen-bond acceptors (Lipinski definition) is 10. The van der Waals surface area contributed by atoms with Crippen molar-refractivity contribution in [1.29, 1.82) is 0 Å². The van der Waals surface area contributed by atoms with E-state index in [0.29, 0.717) is 58.5 Å². The molecule has 2 aromatic heterocycles. The quantitative estimate of drug-likeness (QED) is 0.148. The molecule has 0 fully saturated rings. The van der Waals surface area contributed by atoms with E-state index in [1.165, 1.54) is 25.6 Å². The Labute approximate surface area is 267 Å². The number of thiophene rings is 1. The first-order valence-corrected chi connectivity index (χ1v) is 13.7. The fourth-order valence-electron chi connectivity index (χ4n) is 4.30. The van der Waals surface area contributed by atoms with E-state index in [1.54, 1.807) is 17.0 Å². The van der Waals surface area contributed by atoms with Gasteiger partial charge in [-0.3, -0.25) is 19.2 Å². The Kier molecular flexibility index (Phi) is 12.0. The van der Waals surface area contributed by atoms with E-state index >= 15 is 0 Å². The van der Waals surface area contributed by atoms with Gasteiger partial charge in [0.1, 0.15) is 4.83 Å². The number of methoxy groups -OCH3 is 2. The van der Waals surface area contributed by atoms with Gasteiger partial charge in [-0.25, -0.2) is 0 Å². The number of pyridine rings is 1. The summed E-state index contributed by atoms with van der Waals surface area (Å²) in [4.78, 5) is 53.3. The molecule has 3 aromatic rings. The van der Waals surface area contributed by atoms with Gasteiger partial charge >= 0.3 is 41.5 Å². The maximum absolute atomic E-state index is 12.4. The normalized spacial score (nSPS) is 11.9. The number of benzene rings is 1. The Morgan fingerprint density at radius 1 is 0.833 bits per heavy atom. The summed E-state index contributed by atoms with van der Waals surface area (Å²) in [6, 6.07) is 7.07. The van der Waals surface area contributed by atoms with E-state index in [2.05, 4.69) is 4.98 Å². The number of carboxylic acids is 2. The monoisotopic (exact) mass is 610 g/mol. The number of carbonyl (C=O) groups is 4. The number of carboxylic acid groups (broad SMARTS) is 2. The van der Waals surface area contributed by atoms with Crippen LogP contribution in [0.2, 0.25) is 0 Å². The van der Waals surface area contributed by atoms with Crippen LogP contribution in [0.1, 0.15) is 52.9 Å². The Hall–Kier alpha value is -3.39. The number of ether oxygens (including phenoxy) is 4. The van der Waals surface area contributed by atoms with Crippen LogP contribution in [0.15, 0.2) is 24.3 Å². The summed E-state index contributed by atoms with van der Waals surface area (Å²) in [5, 5.41) is 18.4. The first-order valence-electron chi connectivity index (χ1n) is 12.9. The molecule has 12 nitrogen and oxygen atoms in total. The molecule has 2 N–H and O–H groups in total. The van der Waals surface area contributed by atoms with Gasteiger partial charge in [-0.1, -0.05) is 0 Å². The van der Waals surface area contributed by atoms with Crippen molar-refractivity contribution in [2.24, 2.45) is 0 Å². The number of rotatable bonds is 15. The molecule has 0 aliphatic carbocycles. The average molecular weight is 611 g/mol. The van der Waals surface area contributed by atoms with Gasteiger partial charge in [0, 0.05) is 37.7 Å². The number of nitrogens with zero attached hydrogens (tertiary/aromatic N) is 2. The molecule has 0 unspecified atom stereocenters. The van der Waals surface area contributed by atoms with E-state index < -0.39 is 11.9 Å². The SMILES string of the molecule is COc1cc2c(cc1OCCCOc1nc3sc(C(=O)CCC(=O)O)cc3cc1OC)CN(C(=O)CCC(=O)O)C2.[NaH]. The predicted octanol–water partition coefficient (Wildman–Crippen LogP) is 3.27. The standard InChI is InChI=1S/C28H30N2O10S.Na.H/c1-37-20-11-17-14-30(24(32)5-7-26(35)36)15-18(17)12-21(20)39-8-3-9-40-27-22(38-2)10-16-13-23(41-28(16)29-27)19(31)4-6-25(33)34;;/h10-13H,3-9,14-15H2,1-2H3,(H,33,34)(H,35,36);;. The Balaban J connectivity index is 0.00000484. The molecule has 0 saturated carbocycles. The number of Topliss-reactive ketones (excluding diaryl/α,β-unsaturated/α-hetero) is 1. The van der Waals surface area contributed by atoms with Crippen LogP contribution in [0, 0.1) is 0 Å². The molecule has 1 aliphatic heterocycles. The van der Waals surface area contributed by atoms with Crippen molar-refractivity contribution in [3.05, 3.63) is 40.3 Å². The predicted molar refractivity (Wildman–Crippen MR) is 154 cm³/mol. The van der Waals surface area contributed by atoms with Crippen molar-refractivity contribution in [3.8, 4) is 23.1 Å². The molecule has 0 spiro atoms. The van der Waals surface area contributed by atoms with Crippen molar-refractivity contribution < 1.29 is 48.3 Å². The number of carbonyl (C=O) groups excluding carboxylic acids is 2. The van der Waals surface area contributed by atoms with Gasteiger partial charge in [0.25, 0.3) is 5.88 Å². The molecule has 3 heterocycles.